The van der Waals surface area contributed by atoms with E-state index >= 15 is 0 Å². The van der Waals surface area contributed by atoms with E-state index in [-0.39, 0.29) is 0 Å². The van der Waals surface area contributed by atoms with Gasteiger partial charge in [0, 0.05) is 16.1 Å². The lowest BCUT2D eigenvalue weighted by Crippen LogP contribution is -2.55. The molecule has 0 aromatic carbocycles. The summed E-state index contributed by atoms with van der Waals surface area (Å²) >= 11 is 0. The molecule has 0 bridgehead atoms. The molecule has 0 aromatic rings. The number of hydrogen-bond donors (Lipinski definition) is 0. The molecule has 6 heteroatoms. The average Bonchev–Trinajstić information content (AvgIpc) is 2.55. The van der Waals surface area contributed by atoms with Crippen LogP contribution in [0.2, 0.25) is 50.3 Å². The van der Waals surface area contributed by atoms with Gasteiger partial charge in [0.05, 0.1) is 6.74 Å². The van der Waals surface area contributed by atoms with Crippen LogP contribution in [0.5, 0.6) is 0 Å². The van der Waals surface area contributed by atoms with Gasteiger partial charge in [0.2, 0.25) is 0 Å². The van der Waals surface area contributed by atoms with Crippen molar-refractivity contribution in [2.45, 2.75) is 50.3 Å². The van der Waals surface area contributed by atoms with Crippen molar-refractivity contribution in [1.29, 1.82) is 0 Å². The van der Waals surface area contributed by atoms with Crippen LogP contribution < -0.4 is 0 Å². The third kappa shape index (κ3) is 3.64. The molecule has 0 fully saturated rings. The molecular formula is C13H33B2N2Si2-. The lowest BCUT2D eigenvalue weighted by Gasteiger charge is -2.47. The van der Waals surface area contributed by atoms with Gasteiger partial charge < -0.3 is 9.62 Å². The molecule has 0 saturated carbocycles. The Bertz CT molecular complexity index is 357. The summed E-state index contributed by atoms with van der Waals surface area (Å²) in [5, 5.41) is 0. The number of nitrogens with zero attached hydrogens (tertiary/aromatic N) is 2. The van der Waals surface area contributed by atoms with Crippen molar-refractivity contribution >= 4 is 35.2 Å². The van der Waals surface area contributed by atoms with Crippen LogP contribution in [-0.4, -0.2) is 73.0 Å². The molecule has 0 spiro atoms. The first-order chi connectivity index (χ1) is 8.37. The molecule has 1 aliphatic rings. The molecule has 0 amide bonds. The van der Waals surface area contributed by atoms with Crippen molar-refractivity contribution in [2.75, 3.05) is 28.2 Å². The van der Waals surface area contributed by atoms with Gasteiger partial charge in [-0.1, -0.05) is 56.6 Å². The third-order valence-electron chi connectivity index (χ3n) is 4.70. The molecule has 1 heterocycles. The van der Waals surface area contributed by atoms with Crippen molar-refractivity contribution in [3.05, 3.63) is 0 Å². The van der Waals surface area contributed by atoms with Crippen LogP contribution in [-0.2, 0) is 0 Å². The van der Waals surface area contributed by atoms with Crippen molar-refractivity contribution in [3.8, 4) is 0 Å². The summed E-state index contributed by atoms with van der Waals surface area (Å²) in [7, 11) is 6.71. The van der Waals surface area contributed by atoms with Crippen molar-refractivity contribution in [2.24, 2.45) is 0 Å². The summed E-state index contributed by atoms with van der Waals surface area (Å²) in [4.78, 5) is 4.92. The first kappa shape index (κ1) is 17.2. The van der Waals surface area contributed by atoms with Gasteiger partial charge in [-0.05, 0) is 28.2 Å². The minimum Gasteiger partial charge on any atom is -0.597 e. The average molecular weight is 295 g/mol. The van der Waals surface area contributed by atoms with Crippen molar-refractivity contribution < 1.29 is 0 Å². The summed E-state index contributed by atoms with van der Waals surface area (Å²) < 4.78 is 0. The molecule has 0 N–H and O–H groups in total. The Morgan fingerprint density at radius 1 is 0.895 bits per heavy atom. The highest BCUT2D eigenvalue weighted by molar-refractivity contribution is 7.28. The zero-order valence-corrected chi connectivity index (χ0v) is 16.8. The highest BCUT2D eigenvalue weighted by Crippen LogP contribution is 2.45. The van der Waals surface area contributed by atoms with Gasteiger partial charge in [0.25, 0.3) is 0 Å². The van der Waals surface area contributed by atoms with Crippen LogP contribution in [0.15, 0.2) is 0 Å². The molecule has 19 heavy (non-hydrogen) atoms. The maximum absolute atomic E-state index is 2.71. The molecule has 2 atom stereocenters. The van der Waals surface area contributed by atoms with Gasteiger partial charge in [0.1, 0.15) is 0 Å². The van der Waals surface area contributed by atoms with Gasteiger partial charge in [-0.2, -0.15) is 0 Å². The Hall–Kier alpha value is 0.194. The Morgan fingerprint density at radius 3 is 1.63 bits per heavy atom. The van der Waals surface area contributed by atoms with Gasteiger partial charge in [0.15, 0.2) is 0 Å². The zero-order chi connectivity index (χ0) is 15.2. The highest BCUT2D eigenvalue weighted by atomic mass is 28.3. The molecule has 0 saturated heterocycles. The molecule has 0 aromatic heterocycles. The first-order valence-electron chi connectivity index (χ1n) is 7.55. The number of rotatable bonds is 4. The van der Waals surface area contributed by atoms with E-state index in [4.69, 9.17) is 0 Å². The zero-order valence-electron chi connectivity index (χ0n) is 14.8. The van der Waals surface area contributed by atoms with Gasteiger partial charge in [-0.15, -0.1) is 0 Å². The standard InChI is InChI=1S/C13H33B2N2Si2/c1-16(2)14-11-12(18(5,6)7)13(19(8,9)10)15(14)17(3)4/h11-13H,1-10H3/q-1/t12-,13+/m1/s1. The molecule has 2 nitrogen and oxygen atoms in total. The second kappa shape index (κ2) is 5.53. The van der Waals surface area contributed by atoms with E-state index in [1.165, 1.54) is 0 Å². The second-order valence-corrected chi connectivity index (χ2v) is 19.7. The van der Waals surface area contributed by atoms with E-state index in [0.717, 1.165) is 11.0 Å². The fourth-order valence-corrected chi connectivity index (χ4v) is 11.6. The Balaban J connectivity index is 3.31. The van der Waals surface area contributed by atoms with Crippen LogP contribution in [0.3, 0.4) is 0 Å². The van der Waals surface area contributed by atoms with Crippen LogP contribution in [0.25, 0.3) is 0 Å². The summed E-state index contributed by atoms with van der Waals surface area (Å²) in [6, 6.07) is 0. The summed E-state index contributed by atoms with van der Waals surface area (Å²) in [5.74, 6) is 2.71. The predicted molar refractivity (Wildman–Crippen MR) is 99.1 cm³/mol. The molecule has 0 radical (unpaired) electrons. The maximum atomic E-state index is 2.71. The maximum Gasteiger partial charge on any atom is 0.0545 e. The minimum atomic E-state index is -1.18. The van der Waals surface area contributed by atoms with E-state index in [1.807, 2.05) is 0 Å². The quantitative estimate of drug-likeness (QED) is 0.735. The molecule has 0 aliphatic carbocycles. The van der Waals surface area contributed by atoms with Gasteiger partial charge >= 0.3 is 0 Å². The van der Waals surface area contributed by atoms with Gasteiger partial charge in [-0.3, -0.25) is 5.97 Å². The Labute approximate surface area is 123 Å². The van der Waals surface area contributed by atoms with Crippen LogP contribution in [0.4, 0.5) is 0 Å². The minimum absolute atomic E-state index is 0.614. The van der Waals surface area contributed by atoms with E-state index in [2.05, 4.69) is 83.1 Å². The van der Waals surface area contributed by atoms with E-state index in [0.29, 0.717) is 13.1 Å². The van der Waals surface area contributed by atoms with E-state index < -0.39 is 16.1 Å². The fraction of sp³-hybridized carbons (Fsp3) is 0.923. The Kier molecular flexibility index (Phi) is 5.02. The molecule has 1 rings (SSSR count). The summed E-state index contributed by atoms with van der Waals surface area (Å²) in [6.07, 6.45) is 0.614. The van der Waals surface area contributed by atoms with E-state index in [1.54, 1.807) is 0 Å². The molecular weight excluding hydrogens is 262 g/mol. The molecule has 1 aliphatic heterocycles. The monoisotopic (exact) mass is 295 g/mol. The highest BCUT2D eigenvalue weighted by Gasteiger charge is 2.45. The van der Waals surface area contributed by atoms with Crippen molar-refractivity contribution in [3.63, 3.8) is 0 Å². The van der Waals surface area contributed by atoms with Crippen molar-refractivity contribution in [1.82, 2.24) is 9.62 Å². The second-order valence-electron chi connectivity index (χ2n) is 8.88. The third-order valence-corrected chi connectivity index (χ3v) is 10.3. The summed E-state index contributed by atoms with van der Waals surface area (Å²) in [5.41, 5.74) is 1.75. The van der Waals surface area contributed by atoms with Crippen LogP contribution >= 0.6 is 0 Å². The topological polar surface area (TPSA) is 6.48 Å². The summed E-state index contributed by atoms with van der Waals surface area (Å²) in [6.45, 7) is 16.0. The SMILES string of the molecule is CN(C)B1[B-](N(C)C)=C[C@@H]([Si](C)(C)C)[C@@H]1[Si](C)(C)C. The predicted octanol–water partition coefficient (Wildman–Crippen LogP) is 2.52. The lowest BCUT2D eigenvalue weighted by molar-refractivity contribution is 0.626. The normalized spacial score (nSPS) is 25.0. The van der Waals surface area contributed by atoms with Crippen LogP contribution in [0.1, 0.15) is 0 Å². The lowest BCUT2D eigenvalue weighted by atomic mass is 9.27. The van der Waals surface area contributed by atoms with Gasteiger partial charge in [-0.25, -0.2) is 0 Å². The van der Waals surface area contributed by atoms with E-state index in [9.17, 15) is 0 Å². The Morgan fingerprint density at radius 2 is 1.37 bits per heavy atom. The fourth-order valence-electron chi connectivity index (χ4n) is 3.85. The van der Waals surface area contributed by atoms with Crippen LogP contribution in [0, 0.1) is 0 Å². The first-order valence-corrected chi connectivity index (χ1v) is 14.7. The smallest absolute Gasteiger partial charge is 0.0545 e. The molecule has 0 unspecified atom stereocenters. The molecule has 110 valence electrons. The number of hydrogen-bond acceptors (Lipinski definition) is 2. The largest absolute Gasteiger partial charge is 0.597 e.